The van der Waals surface area contributed by atoms with Crippen LogP contribution in [0.5, 0.6) is 5.75 Å². The lowest BCUT2D eigenvalue weighted by Gasteiger charge is -2.37. The van der Waals surface area contributed by atoms with Crippen LogP contribution < -0.4 is 4.74 Å². The third-order valence-corrected chi connectivity index (χ3v) is 10.0. The van der Waals surface area contributed by atoms with Crippen LogP contribution >= 0.6 is 0 Å². The monoisotopic (exact) mass is 579 g/mol. The number of hydrogen-bond acceptors (Lipinski definition) is 2. The normalized spacial score (nSPS) is 23.0. The number of ether oxygens (including phenoxy) is 1. The molecule has 0 spiro atoms. The third kappa shape index (κ3) is 9.91. The zero-order chi connectivity index (χ0) is 29.6. The molecule has 4 rings (SSSR count). The van der Waals surface area contributed by atoms with Crippen LogP contribution in [0.25, 0.3) is 11.3 Å². The van der Waals surface area contributed by atoms with Gasteiger partial charge in [0, 0.05) is 11.8 Å². The predicted molar refractivity (Wildman–Crippen MR) is 172 cm³/mol. The van der Waals surface area contributed by atoms with E-state index in [9.17, 15) is 8.78 Å². The summed E-state index contributed by atoms with van der Waals surface area (Å²) in [5, 5.41) is 0. The van der Waals surface area contributed by atoms with Crippen molar-refractivity contribution < 1.29 is 13.5 Å². The van der Waals surface area contributed by atoms with Crippen molar-refractivity contribution in [2.75, 3.05) is 6.61 Å². The molecule has 0 N–H and O–H groups in total. The van der Waals surface area contributed by atoms with Crippen LogP contribution in [0.1, 0.15) is 129 Å². The van der Waals surface area contributed by atoms with Gasteiger partial charge in [-0.25, -0.2) is 4.39 Å². The molecule has 0 unspecified atom stereocenters. The topological polar surface area (TPSA) is 22.1 Å². The van der Waals surface area contributed by atoms with Gasteiger partial charge < -0.3 is 4.74 Å². The van der Waals surface area contributed by atoms with Crippen molar-refractivity contribution >= 4 is 0 Å². The van der Waals surface area contributed by atoms with Crippen LogP contribution in [-0.2, 0) is 6.42 Å². The van der Waals surface area contributed by atoms with Gasteiger partial charge in [-0.1, -0.05) is 89.9 Å². The number of aromatic nitrogens is 1. The summed E-state index contributed by atoms with van der Waals surface area (Å²) in [6.45, 7) is 4.85. The number of rotatable bonds is 16. The fraction of sp³-hybridized carbons (Fsp3) is 0.658. The van der Waals surface area contributed by atoms with E-state index < -0.39 is 11.6 Å². The van der Waals surface area contributed by atoms with Crippen LogP contribution in [0, 0.1) is 35.3 Å². The summed E-state index contributed by atoms with van der Waals surface area (Å²) in [4.78, 5) is 4.45. The molecule has 2 aliphatic rings. The summed E-state index contributed by atoms with van der Waals surface area (Å²) < 4.78 is 34.9. The molecule has 0 saturated heterocycles. The van der Waals surface area contributed by atoms with Crippen LogP contribution in [-0.4, -0.2) is 11.6 Å². The zero-order valence-corrected chi connectivity index (χ0v) is 26.4. The highest BCUT2D eigenvalue weighted by atomic mass is 19.2. The molecule has 0 radical (unpaired) electrons. The molecule has 2 nitrogen and oxygen atoms in total. The molecular formula is C38H55F2NO. The third-order valence-electron chi connectivity index (χ3n) is 10.0. The van der Waals surface area contributed by atoms with Crippen LogP contribution in [0.15, 0.2) is 42.6 Å². The lowest BCUT2D eigenvalue weighted by atomic mass is 9.68. The minimum Gasteiger partial charge on any atom is -0.490 e. The van der Waals surface area contributed by atoms with E-state index in [1.807, 2.05) is 6.07 Å². The molecule has 0 amide bonds. The van der Waals surface area contributed by atoms with E-state index in [0.717, 1.165) is 67.8 Å². The summed E-state index contributed by atoms with van der Waals surface area (Å²) in [6, 6.07) is 6.86. The van der Waals surface area contributed by atoms with Crippen molar-refractivity contribution in [2.45, 2.75) is 129 Å². The summed E-state index contributed by atoms with van der Waals surface area (Å²) in [5.74, 6) is 1.85. The second kappa shape index (κ2) is 17.8. The van der Waals surface area contributed by atoms with E-state index in [4.69, 9.17) is 4.74 Å². The molecule has 232 valence electrons. The van der Waals surface area contributed by atoms with Gasteiger partial charge in [0.2, 0.25) is 5.82 Å². The lowest BCUT2D eigenvalue weighted by Crippen LogP contribution is -2.25. The van der Waals surface area contributed by atoms with Crippen LogP contribution in [0.4, 0.5) is 8.78 Å². The highest BCUT2D eigenvalue weighted by Crippen LogP contribution is 2.42. The standard InChI is InChI=1S/C38H55F2NO/c1-3-5-7-11-27-42-36-26-24-34(37(39)38(36)40)35-25-19-31(28-41-35)14-10-9-13-30-17-22-33(23-18-30)32-20-15-29(16-21-32)12-8-6-4-2/h9,13,19,24-26,28-30,32-33H,3-8,10-12,14-18,20-23,27H2,1-2H3/b13-9+. The minimum atomic E-state index is -0.932. The Labute approximate surface area is 254 Å². The van der Waals surface area contributed by atoms with Gasteiger partial charge in [0.1, 0.15) is 0 Å². The first-order valence-electron chi connectivity index (χ1n) is 17.3. The Morgan fingerprint density at radius 1 is 0.786 bits per heavy atom. The maximum absolute atomic E-state index is 14.8. The average Bonchev–Trinajstić information content (AvgIpc) is 3.02. The van der Waals surface area contributed by atoms with Crippen molar-refractivity contribution in [1.82, 2.24) is 4.98 Å². The zero-order valence-electron chi connectivity index (χ0n) is 26.4. The number of allylic oxidation sites excluding steroid dienone is 2. The van der Waals surface area contributed by atoms with Gasteiger partial charge in [-0.2, -0.15) is 4.39 Å². The fourth-order valence-corrected chi connectivity index (χ4v) is 7.26. The molecule has 1 heterocycles. The number of pyridine rings is 1. The summed E-state index contributed by atoms with van der Waals surface area (Å²) in [6.07, 6.45) is 29.7. The molecule has 4 heteroatoms. The smallest absolute Gasteiger partial charge is 0.201 e. The van der Waals surface area contributed by atoms with Crippen LogP contribution in [0.3, 0.4) is 0 Å². The predicted octanol–water partition coefficient (Wildman–Crippen LogP) is 11.7. The van der Waals surface area contributed by atoms with E-state index in [-0.39, 0.29) is 11.3 Å². The summed E-state index contributed by atoms with van der Waals surface area (Å²) >= 11 is 0. The van der Waals surface area contributed by atoms with Gasteiger partial charge in [-0.05, 0) is 105 Å². The molecule has 2 saturated carbocycles. The maximum Gasteiger partial charge on any atom is 0.201 e. The summed E-state index contributed by atoms with van der Waals surface area (Å²) in [5.41, 5.74) is 1.74. The van der Waals surface area contributed by atoms with E-state index >= 15 is 0 Å². The minimum absolute atomic E-state index is 0.0232. The molecular weight excluding hydrogens is 524 g/mol. The highest BCUT2D eigenvalue weighted by Gasteiger charge is 2.30. The SMILES string of the molecule is CCCCCCOc1ccc(-c2ccc(CC/C=C/C3CCC(C4CCC(CCCCC)CC4)CC3)cn2)c(F)c1F. The quantitative estimate of drug-likeness (QED) is 0.146. The molecule has 2 aromatic rings. The van der Waals surface area contributed by atoms with Gasteiger partial charge in [-0.15, -0.1) is 0 Å². The lowest BCUT2D eigenvalue weighted by molar-refractivity contribution is 0.151. The number of halogens is 2. The molecule has 1 aromatic heterocycles. The molecule has 1 aromatic carbocycles. The molecule has 2 aliphatic carbocycles. The van der Waals surface area contributed by atoms with Crippen molar-refractivity contribution in [1.29, 1.82) is 0 Å². The maximum atomic E-state index is 14.8. The summed E-state index contributed by atoms with van der Waals surface area (Å²) in [7, 11) is 0. The molecule has 42 heavy (non-hydrogen) atoms. The Balaban J connectivity index is 1.15. The van der Waals surface area contributed by atoms with Gasteiger partial charge in [0.15, 0.2) is 11.6 Å². The van der Waals surface area contributed by atoms with Crippen molar-refractivity contribution in [3.05, 3.63) is 59.8 Å². The number of nitrogens with zero attached hydrogens (tertiary/aromatic N) is 1. The first kappa shape index (κ1) is 32.7. The Morgan fingerprint density at radius 3 is 2.19 bits per heavy atom. The fourth-order valence-electron chi connectivity index (χ4n) is 7.26. The molecule has 0 bridgehead atoms. The van der Waals surface area contributed by atoms with Crippen LogP contribution in [0.2, 0.25) is 0 Å². The molecule has 0 atom stereocenters. The number of aryl methyl sites for hydroxylation is 1. The Morgan fingerprint density at radius 2 is 1.50 bits per heavy atom. The first-order chi connectivity index (χ1) is 20.6. The highest BCUT2D eigenvalue weighted by molar-refractivity contribution is 5.61. The van der Waals surface area contributed by atoms with Crippen molar-refractivity contribution in [2.24, 2.45) is 23.7 Å². The second-order valence-corrected chi connectivity index (χ2v) is 13.1. The van der Waals surface area contributed by atoms with E-state index in [2.05, 4.69) is 31.0 Å². The van der Waals surface area contributed by atoms with Gasteiger partial charge in [0.25, 0.3) is 0 Å². The largest absolute Gasteiger partial charge is 0.490 e. The Bertz CT molecular complexity index is 1070. The molecule has 2 fully saturated rings. The van der Waals surface area contributed by atoms with Gasteiger partial charge in [0.05, 0.1) is 12.3 Å². The van der Waals surface area contributed by atoms with Crippen molar-refractivity contribution in [3.8, 4) is 17.0 Å². The number of hydrogen-bond donors (Lipinski definition) is 0. The van der Waals surface area contributed by atoms with Gasteiger partial charge >= 0.3 is 0 Å². The second-order valence-electron chi connectivity index (χ2n) is 13.1. The number of unbranched alkanes of at least 4 members (excludes halogenated alkanes) is 5. The van der Waals surface area contributed by atoms with E-state index in [1.54, 1.807) is 18.3 Å². The van der Waals surface area contributed by atoms with Crippen molar-refractivity contribution in [3.63, 3.8) is 0 Å². The Hall–Kier alpha value is -2.23. The Kier molecular flexibility index (Phi) is 13.8. The average molecular weight is 580 g/mol. The van der Waals surface area contributed by atoms with E-state index in [1.165, 1.54) is 83.1 Å². The first-order valence-corrected chi connectivity index (χ1v) is 17.3. The van der Waals surface area contributed by atoms with Gasteiger partial charge in [-0.3, -0.25) is 4.98 Å². The number of benzene rings is 1. The molecule has 0 aliphatic heterocycles. The van der Waals surface area contributed by atoms with E-state index in [0.29, 0.717) is 12.3 Å².